The van der Waals surface area contributed by atoms with Crippen molar-refractivity contribution in [3.05, 3.63) is 23.8 Å². The van der Waals surface area contributed by atoms with Gasteiger partial charge in [-0.15, -0.1) is 0 Å². The Kier molecular flexibility index (Phi) is 3.32. The Morgan fingerprint density at radius 3 is 2.68 bits per heavy atom. The normalized spacial score (nSPS) is 18.4. The second-order valence-corrected chi connectivity index (χ2v) is 5.23. The Labute approximate surface area is 113 Å². The van der Waals surface area contributed by atoms with E-state index in [1.54, 1.807) is 4.90 Å². The fourth-order valence-corrected chi connectivity index (χ4v) is 3.06. The molecule has 0 aliphatic carbocycles. The highest BCUT2D eigenvalue weighted by molar-refractivity contribution is 5.89. The van der Waals surface area contributed by atoms with Crippen LogP contribution in [0.2, 0.25) is 0 Å². The number of rotatable bonds is 1. The van der Waals surface area contributed by atoms with Gasteiger partial charge in [-0.05, 0) is 49.4 Å². The SMILES string of the molecule is COC(=O)N1CCCc2cc(N3CCCC3)ccc21. The zero-order valence-corrected chi connectivity index (χ0v) is 11.4. The third-order valence-corrected chi connectivity index (χ3v) is 4.05. The number of nitrogens with zero attached hydrogens (tertiary/aromatic N) is 2. The van der Waals surface area contributed by atoms with E-state index in [0.717, 1.165) is 38.2 Å². The lowest BCUT2D eigenvalue weighted by Gasteiger charge is -2.29. The average Bonchev–Trinajstić information content (AvgIpc) is 2.99. The van der Waals surface area contributed by atoms with Gasteiger partial charge in [0.1, 0.15) is 0 Å². The maximum absolute atomic E-state index is 11.8. The molecule has 0 N–H and O–H groups in total. The lowest BCUT2D eigenvalue weighted by molar-refractivity contribution is 0.178. The second kappa shape index (κ2) is 5.11. The van der Waals surface area contributed by atoms with Gasteiger partial charge in [-0.1, -0.05) is 0 Å². The Bertz CT molecular complexity index is 481. The quantitative estimate of drug-likeness (QED) is 0.778. The largest absolute Gasteiger partial charge is 0.452 e. The van der Waals surface area contributed by atoms with Crippen molar-refractivity contribution >= 4 is 17.5 Å². The number of benzene rings is 1. The number of methoxy groups -OCH3 is 1. The first-order chi connectivity index (χ1) is 9.29. The molecule has 4 nitrogen and oxygen atoms in total. The molecule has 1 aromatic rings. The summed E-state index contributed by atoms with van der Waals surface area (Å²) in [5.74, 6) is 0. The number of hydrogen-bond donors (Lipinski definition) is 0. The molecule has 2 heterocycles. The van der Waals surface area contributed by atoms with Gasteiger partial charge in [0.2, 0.25) is 0 Å². The van der Waals surface area contributed by atoms with Crippen LogP contribution in [0.4, 0.5) is 16.2 Å². The number of aryl methyl sites for hydroxylation is 1. The monoisotopic (exact) mass is 260 g/mol. The van der Waals surface area contributed by atoms with Gasteiger partial charge >= 0.3 is 6.09 Å². The number of hydrogen-bond acceptors (Lipinski definition) is 3. The topological polar surface area (TPSA) is 32.8 Å². The summed E-state index contributed by atoms with van der Waals surface area (Å²) in [6.45, 7) is 3.06. The van der Waals surface area contributed by atoms with Crippen molar-refractivity contribution < 1.29 is 9.53 Å². The van der Waals surface area contributed by atoms with Crippen molar-refractivity contribution in [2.24, 2.45) is 0 Å². The van der Waals surface area contributed by atoms with Crippen molar-refractivity contribution in [1.82, 2.24) is 0 Å². The molecule has 0 bridgehead atoms. The number of carbonyl (C=O) groups excluding carboxylic acids is 1. The van der Waals surface area contributed by atoms with E-state index in [0.29, 0.717) is 0 Å². The van der Waals surface area contributed by atoms with Crippen molar-refractivity contribution in [1.29, 1.82) is 0 Å². The van der Waals surface area contributed by atoms with Crippen LogP contribution in [-0.2, 0) is 11.2 Å². The van der Waals surface area contributed by atoms with E-state index < -0.39 is 0 Å². The van der Waals surface area contributed by atoms with E-state index in [4.69, 9.17) is 4.74 Å². The minimum atomic E-state index is -0.255. The molecular weight excluding hydrogens is 240 g/mol. The molecule has 4 heteroatoms. The average molecular weight is 260 g/mol. The maximum atomic E-state index is 11.8. The van der Waals surface area contributed by atoms with Crippen LogP contribution >= 0.6 is 0 Å². The fourth-order valence-electron chi connectivity index (χ4n) is 3.06. The summed E-state index contributed by atoms with van der Waals surface area (Å²) in [5.41, 5.74) is 3.57. The van der Waals surface area contributed by atoms with Gasteiger partial charge in [0.15, 0.2) is 0 Å². The molecule has 2 aliphatic heterocycles. The predicted molar refractivity (Wildman–Crippen MR) is 76.0 cm³/mol. The summed E-state index contributed by atoms with van der Waals surface area (Å²) in [4.78, 5) is 15.9. The number of carbonyl (C=O) groups is 1. The molecule has 0 radical (unpaired) electrons. The van der Waals surface area contributed by atoms with E-state index in [9.17, 15) is 4.79 Å². The first-order valence-corrected chi connectivity index (χ1v) is 7.03. The van der Waals surface area contributed by atoms with Crippen LogP contribution in [0, 0.1) is 0 Å². The minimum absolute atomic E-state index is 0.255. The highest BCUT2D eigenvalue weighted by Gasteiger charge is 2.24. The first kappa shape index (κ1) is 12.3. The highest BCUT2D eigenvalue weighted by Crippen LogP contribution is 2.32. The Morgan fingerprint density at radius 2 is 1.95 bits per heavy atom. The predicted octanol–water partition coefficient (Wildman–Crippen LogP) is 2.81. The molecule has 0 saturated carbocycles. The lowest BCUT2D eigenvalue weighted by Crippen LogP contribution is -2.35. The van der Waals surface area contributed by atoms with E-state index >= 15 is 0 Å². The Balaban J connectivity index is 1.90. The molecule has 3 rings (SSSR count). The molecule has 102 valence electrons. The summed E-state index contributed by atoms with van der Waals surface area (Å²) in [6, 6.07) is 6.44. The number of fused-ring (bicyclic) bond motifs is 1. The first-order valence-electron chi connectivity index (χ1n) is 7.03. The second-order valence-electron chi connectivity index (χ2n) is 5.23. The van der Waals surface area contributed by atoms with Crippen molar-refractivity contribution in [2.45, 2.75) is 25.7 Å². The minimum Gasteiger partial charge on any atom is -0.452 e. The van der Waals surface area contributed by atoms with Crippen molar-refractivity contribution in [2.75, 3.05) is 36.5 Å². The number of ether oxygens (including phenoxy) is 1. The van der Waals surface area contributed by atoms with Crippen LogP contribution in [0.25, 0.3) is 0 Å². The molecule has 0 aromatic heterocycles. The summed E-state index contributed by atoms with van der Waals surface area (Å²) >= 11 is 0. The molecule has 1 aromatic carbocycles. The molecular formula is C15H20N2O2. The van der Waals surface area contributed by atoms with E-state index in [1.165, 1.54) is 31.2 Å². The summed E-state index contributed by atoms with van der Waals surface area (Å²) in [6.07, 6.45) is 4.36. The fraction of sp³-hybridized carbons (Fsp3) is 0.533. The number of amides is 1. The molecule has 0 atom stereocenters. The van der Waals surface area contributed by atoms with Gasteiger partial charge in [-0.3, -0.25) is 4.90 Å². The van der Waals surface area contributed by atoms with Crippen molar-refractivity contribution in [3.8, 4) is 0 Å². The van der Waals surface area contributed by atoms with Crippen LogP contribution in [-0.4, -0.2) is 32.8 Å². The number of anilines is 2. The summed E-state index contributed by atoms with van der Waals surface area (Å²) in [7, 11) is 1.44. The zero-order valence-electron chi connectivity index (χ0n) is 11.4. The summed E-state index contributed by atoms with van der Waals surface area (Å²) in [5, 5.41) is 0. The molecule has 1 fully saturated rings. The van der Waals surface area contributed by atoms with Crippen LogP contribution in [0.3, 0.4) is 0 Å². The Morgan fingerprint density at radius 1 is 1.16 bits per heavy atom. The molecule has 1 saturated heterocycles. The van der Waals surface area contributed by atoms with Crippen LogP contribution in [0.15, 0.2) is 18.2 Å². The highest BCUT2D eigenvalue weighted by atomic mass is 16.5. The van der Waals surface area contributed by atoms with Gasteiger partial charge in [0, 0.05) is 25.3 Å². The van der Waals surface area contributed by atoms with Gasteiger partial charge in [-0.2, -0.15) is 0 Å². The smallest absolute Gasteiger partial charge is 0.414 e. The molecule has 2 aliphatic rings. The zero-order chi connectivity index (χ0) is 13.2. The van der Waals surface area contributed by atoms with Crippen LogP contribution in [0.5, 0.6) is 0 Å². The molecule has 0 spiro atoms. The van der Waals surface area contributed by atoms with E-state index in [2.05, 4.69) is 23.1 Å². The third kappa shape index (κ3) is 2.27. The Hall–Kier alpha value is -1.71. The van der Waals surface area contributed by atoms with Gasteiger partial charge in [-0.25, -0.2) is 4.79 Å². The van der Waals surface area contributed by atoms with Crippen LogP contribution in [0.1, 0.15) is 24.8 Å². The van der Waals surface area contributed by atoms with E-state index in [-0.39, 0.29) is 6.09 Å². The van der Waals surface area contributed by atoms with E-state index in [1.807, 2.05) is 0 Å². The third-order valence-electron chi connectivity index (χ3n) is 4.05. The van der Waals surface area contributed by atoms with Gasteiger partial charge in [0.25, 0.3) is 0 Å². The van der Waals surface area contributed by atoms with Crippen LogP contribution < -0.4 is 9.80 Å². The lowest BCUT2D eigenvalue weighted by atomic mass is 10.0. The molecule has 1 amide bonds. The molecule has 0 unspecified atom stereocenters. The van der Waals surface area contributed by atoms with Gasteiger partial charge < -0.3 is 9.64 Å². The molecule has 19 heavy (non-hydrogen) atoms. The van der Waals surface area contributed by atoms with Crippen molar-refractivity contribution in [3.63, 3.8) is 0 Å². The maximum Gasteiger partial charge on any atom is 0.414 e. The van der Waals surface area contributed by atoms with Gasteiger partial charge in [0.05, 0.1) is 12.8 Å². The standard InChI is InChI=1S/C15H20N2O2/c1-19-15(18)17-10-4-5-12-11-13(6-7-14(12)17)16-8-2-3-9-16/h6-7,11H,2-5,8-10H2,1H3. The summed E-state index contributed by atoms with van der Waals surface area (Å²) < 4.78 is 4.85.